The molecule has 5 aromatic rings. The normalized spacial score (nSPS) is 20.2. The van der Waals surface area contributed by atoms with Crippen molar-refractivity contribution in [2.45, 2.75) is 13.2 Å². The Morgan fingerprint density at radius 1 is 0.450 bits per heavy atom. The molecule has 2 unspecified atom stereocenters. The molecular weight excluding hydrogens is 542 g/mol. The molecule has 0 radical (unpaired) electrons. The van der Waals surface area contributed by atoms with Gasteiger partial charge in [0.05, 0.1) is 23.8 Å². The van der Waals surface area contributed by atoms with Crippen LogP contribution in [0.15, 0.2) is 121 Å². The summed E-state index contributed by atoms with van der Waals surface area (Å²) >= 11 is 0. The summed E-state index contributed by atoms with van der Waals surface area (Å²) in [5.41, 5.74) is 5.12. The van der Waals surface area contributed by atoms with Gasteiger partial charge in [-0.3, -0.25) is 9.05 Å². The van der Waals surface area contributed by atoms with Crippen molar-refractivity contribution in [1.29, 1.82) is 0 Å². The fraction of sp³-hybridized carbons (Fsp3) is 0.0625. The van der Waals surface area contributed by atoms with Gasteiger partial charge in [0.25, 0.3) is 0 Å². The predicted molar refractivity (Wildman–Crippen MR) is 156 cm³/mol. The lowest BCUT2D eigenvalue weighted by Crippen LogP contribution is -2.19. The van der Waals surface area contributed by atoms with Gasteiger partial charge in [0, 0.05) is 22.3 Å². The first-order valence-corrected chi connectivity index (χ1v) is 16.0. The predicted octanol–water partition coefficient (Wildman–Crippen LogP) is 7.88. The van der Waals surface area contributed by atoms with Gasteiger partial charge in [-0.15, -0.1) is 0 Å². The Morgan fingerprint density at radius 2 is 0.800 bits per heavy atom. The Bertz CT molecular complexity index is 1700. The van der Waals surface area contributed by atoms with Gasteiger partial charge < -0.3 is 9.05 Å². The average Bonchev–Trinajstić information content (AvgIpc) is 3.00. The molecule has 198 valence electrons. The van der Waals surface area contributed by atoms with Crippen molar-refractivity contribution < 1.29 is 27.2 Å². The van der Waals surface area contributed by atoms with Gasteiger partial charge >= 0.3 is 15.2 Å². The van der Waals surface area contributed by atoms with E-state index in [4.69, 9.17) is 18.1 Å². The van der Waals surface area contributed by atoms with Gasteiger partial charge in [-0.25, -0.2) is 9.13 Å². The minimum atomic E-state index is -3.59. The minimum absolute atomic E-state index is 0.0979. The van der Waals surface area contributed by atoms with Crippen LogP contribution in [-0.4, -0.2) is 0 Å². The van der Waals surface area contributed by atoms with Crippen LogP contribution in [0.3, 0.4) is 0 Å². The van der Waals surface area contributed by atoms with Crippen molar-refractivity contribution in [3.63, 3.8) is 0 Å². The molecule has 40 heavy (non-hydrogen) atoms. The van der Waals surface area contributed by atoms with Crippen LogP contribution in [-0.2, 0) is 31.4 Å². The molecule has 0 amide bonds. The van der Waals surface area contributed by atoms with Crippen LogP contribution in [0.1, 0.15) is 11.1 Å². The topological polar surface area (TPSA) is 71.1 Å². The molecule has 8 heteroatoms. The summed E-state index contributed by atoms with van der Waals surface area (Å²) in [6, 6.07) is 37.5. The Balaban J connectivity index is 1.06. The lowest BCUT2D eigenvalue weighted by Gasteiger charge is -2.28. The Morgan fingerprint density at radius 3 is 1.23 bits per heavy atom. The van der Waals surface area contributed by atoms with Crippen molar-refractivity contribution >= 4 is 25.8 Å². The van der Waals surface area contributed by atoms with Crippen LogP contribution < -0.4 is 19.7 Å². The van der Waals surface area contributed by atoms with Gasteiger partial charge in [-0.1, -0.05) is 97.1 Å². The van der Waals surface area contributed by atoms with E-state index in [-0.39, 0.29) is 13.2 Å². The third-order valence-corrected chi connectivity index (χ3v) is 10.8. The first-order valence-electron chi connectivity index (χ1n) is 12.9. The second-order valence-electron chi connectivity index (χ2n) is 9.57. The molecule has 6 nitrogen and oxygen atoms in total. The van der Waals surface area contributed by atoms with E-state index < -0.39 is 15.2 Å². The van der Waals surface area contributed by atoms with Gasteiger partial charge in [-0.05, 0) is 35.4 Å². The quantitative estimate of drug-likeness (QED) is 0.195. The zero-order valence-electron chi connectivity index (χ0n) is 21.3. The number of fused-ring (bicyclic) bond motifs is 6. The highest BCUT2D eigenvalue weighted by Gasteiger charge is 2.38. The summed E-state index contributed by atoms with van der Waals surface area (Å²) in [6.45, 7) is 0.196. The monoisotopic (exact) mass is 566 g/mol. The Labute approximate surface area is 232 Å². The smallest absolute Gasteiger partial charge is 0.411 e. The molecule has 5 aromatic carbocycles. The summed E-state index contributed by atoms with van der Waals surface area (Å²) in [7, 11) is -7.18. The van der Waals surface area contributed by atoms with Crippen LogP contribution in [0.4, 0.5) is 0 Å². The van der Waals surface area contributed by atoms with Crippen molar-refractivity contribution in [1.82, 2.24) is 0 Å². The summed E-state index contributed by atoms with van der Waals surface area (Å²) < 4.78 is 51.5. The van der Waals surface area contributed by atoms with Crippen molar-refractivity contribution in [2.75, 3.05) is 0 Å². The van der Waals surface area contributed by atoms with E-state index in [1.54, 1.807) is 24.3 Å². The van der Waals surface area contributed by atoms with Crippen LogP contribution in [0.25, 0.3) is 22.3 Å². The van der Waals surface area contributed by atoms with Gasteiger partial charge in [0.15, 0.2) is 0 Å². The van der Waals surface area contributed by atoms with E-state index in [0.29, 0.717) is 22.1 Å². The van der Waals surface area contributed by atoms with E-state index in [2.05, 4.69) is 0 Å². The maximum absolute atomic E-state index is 13.9. The van der Waals surface area contributed by atoms with Crippen molar-refractivity contribution in [3.8, 4) is 33.8 Å². The van der Waals surface area contributed by atoms with Gasteiger partial charge in [0.2, 0.25) is 0 Å². The molecule has 2 aliphatic rings. The molecule has 0 saturated carbocycles. The number of hydrogen-bond donors (Lipinski definition) is 0. The molecule has 2 atom stereocenters. The highest BCUT2D eigenvalue weighted by molar-refractivity contribution is 7.63. The first-order chi connectivity index (χ1) is 19.5. The second-order valence-corrected chi connectivity index (χ2v) is 13.4. The van der Waals surface area contributed by atoms with E-state index >= 15 is 0 Å². The molecule has 0 bridgehead atoms. The van der Waals surface area contributed by atoms with Gasteiger partial charge in [-0.2, -0.15) is 0 Å². The molecule has 0 fully saturated rings. The summed E-state index contributed by atoms with van der Waals surface area (Å²) in [5.74, 6) is 1.09. The van der Waals surface area contributed by atoms with Crippen molar-refractivity contribution in [2.24, 2.45) is 0 Å². The fourth-order valence-corrected chi connectivity index (χ4v) is 8.59. The van der Waals surface area contributed by atoms with E-state index in [1.165, 1.54) is 0 Å². The SMILES string of the molecule is O=P1(OCc2ccc(COP3(=O)Oc4ccccc4-c4ccccc43)cc2)Oc2ccccc2-c2ccccc21. The number of rotatable bonds is 6. The third kappa shape index (κ3) is 4.40. The van der Waals surface area contributed by atoms with Crippen LogP contribution in [0, 0.1) is 0 Å². The summed E-state index contributed by atoms with van der Waals surface area (Å²) in [6.07, 6.45) is 0. The molecular formula is C32H24O6P2. The molecule has 0 saturated heterocycles. The average molecular weight is 566 g/mol. The molecule has 2 aliphatic heterocycles. The lowest BCUT2D eigenvalue weighted by atomic mass is 10.0. The maximum Gasteiger partial charge on any atom is 0.411 e. The highest BCUT2D eigenvalue weighted by Crippen LogP contribution is 2.57. The first kappa shape index (κ1) is 25.1. The van der Waals surface area contributed by atoms with E-state index in [9.17, 15) is 9.13 Å². The van der Waals surface area contributed by atoms with Crippen molar-refractivity contribution in [3.05, 3.63) is 132 Å². The zero-order chi connectivity index (χ0) is 27.2. The molecule has 2 heterocycles. The molecule has 0 spiro atoms. The Hall–Kier alpha value is -3.92. The van der Waals surface area contributed by atoms with E-state index in [0.717, 1.165) is 33.4 Å². The lowest BCUT2D eigenvalue weighted by molar-refractivity contribution is 0.261. The highest BCUT2D eigenvalue weighted by atomic mass is 31.2. The van der Waals surface area contributed by atoms with Crippen LogP contribution in [0.5, 0.6) is 11.5 Å². The number of para-hydroxylation sites is 2. The minimum Gasteiger partial charge on any atom is -0.421 e. The third-order valence-electron chi connectivity index (χ3n) is 7.02. The Kier molecular flexibility index (Phi) is 6.22. The molecule has 0 aliphatic carbocycles. The fourth-order valence-electron chi connectivity index (χ4n) is 5.02. The van der Waals surface area contributed by atoms with E-state index in [1.807, 2.05) is 97.1 Å². The standard InChI is InChI=1S/C32H24O6P2/c33-39(31-15-7-3-11-27(31)25-9-1-5-13-29(25)37-39)35-21-23-17-19-24(20-18-23)22-36-40(34)32-16-8-4-12-28(32)26-10-2-6-14-30(26)38-40/h1-20H,21-22H2. The number of benzene rings is 5. The maximum atomic E-state index is 13.9. The van der Waals surface area contributed by atoms with Crippen LogP contribution in [0.2, 0.25) is 0 Å². The zero-order valence-corrected chi connectivity index (χ0v) is 23.1. The second kappa shape index (κ2) is 9.92. The summed E-state index contributed by atoms with van der Waals surface area (Å²) in [4.78, 5) is 0. The largest absolute Gasteiger partial charge is 0.421 e. The van der Waals surface area contributed by atoms with Crippen LogP contribution >= 0.6 is 15.2 Å². The molecule has 7 rings (SSSR count). The number of hydrogen-bond acceptors (Lipinski definition) is 6. The van der Waals surface area contributed by atoms with Gasteiger partial charge in [0.1, 0.15) is 11.5 Å². The molecule has 0 aromatic heterocycles. The summed E-state index contributed by atoms with van der Waals surface area (Å²) in [5, 5.41) is 1.11. The molecule has 0 N–H and O–H groups in total.